The summed E-state index contributed by atoms with van der Waals surface area (Å²) in [7, 11) is 0. The summed E-state index contributed by atoms with van der Waals surface area (Å²) < 4.78 is 1.75. The van der Waals surface area contributed by atoms with Crippen molar-refractivity contribution in [1.29, 1.82) is 0 Å². The van der Waals surface area contributed by atoms with Crippen molar-refractivity contribution in [2.45, 2.75) is 13.5 Å². The van der Waals surface area contributed by atoms with Crippen molar-refractivity contribution in [3.05, 3.63) is 42.0 Å². The lowest BCUT2D eigenvalue weighted by molar-refractivity contribution is -0.689. The first-order valence-corrected chi connectivity index (χ1v) is 5.93. The number of nitrogens with one attached hydrogen (secondary N) is 2. The summed E-state index contributed by atoms with van der Waals surface area (Å²) in [5, 5.41) is 22.2. The van der Waals surface area contributed by atoms with Gasteiger partial charge in [0.2, 0.25) is 0 Å². The predicted molar refractivity (Wildman–Crippen MR) is 71.2 cm³/mol. The maximum atomic E-state index is 11.6. The molecular weight excluding hydrogens is 260 g/mol. The lowest BCUT2D eigenvalue weighted by Crippen LogP contribution is -2.42. The van der Waals surface area contributed by atoms with Crippen LogP contribution in [0.5, 0.6) is 11.5 Å². The Morgan fingerprint density at radius 2 is 2.25 bits per heavy atom. The molecule has 0 aliphatic heterocycles. The quantitative estimate of drug-likeness (QED) is 0.277. The van der Waals surface area contributed by atoms with E-state index in [-0.39, 0.29) is 24.0 Å². The largest absolute Gasteiger partial charge is 0.504 e. The number of amides is 1. The number of hydrogen-bond donors (Lipinski definition) is 4. The molecule has 1 amide bonds. The summed E-state index contributed by atoms with van der Waals surface area (Å²) in [5.41, 5.74) is 2.94. The van der Waals surface area contributed by atoms with Crippen LogP contribution in [0.2, 0.25) is 0 Å². The van der Waals surface area contributed by atoms with Crippen molar-refractivity contribution in [2.75, 3.05) is 0 Å². The normalized spacial score (nSPS) is 10.8. The van der Waals surface area contributed by atoms with E-state index in [1.54, 1.807) is 23.0 Å². The number of phenolic OH excluding ortho intramolecular Hbond substituents is 2. The second-order valence-corrected chi connectivity index (χ2v) is 4.21. The molecule has 4 N–H and O–H groups in total. The van der Waals surface area contributed by atoms with Gasteiger partial charge in [-0.25, -0.2) is 15.0 Å². The highest BCUT2D eigenvalue weighted by Gasteiger charge is 2.09. The standard InChI is InChI=1S/C13H14N4O3/c1-9-14-4-5-17(9)8-13(20)16-15-7-10-2-3-11(18)12(19)6-10/h2-7H,8H2,1H3,(H3,15,16,18,19,20)/p+1. The number of aromatic nitrogens is 2. The average Bonchev–Trinajstić information content (AvgIpc) is 2.79. The van der Waals surface area contributed by atoms with Crippen molar-refractivity contribution >= 4 is 12.1 Å². The lowest BCUT2D eigenvalue weighted by atomic mass is 10.2. The highest BCUT2D eigenvalue weighted by molar-refractivity contribution is 5.82. The molecule has 104 valence electrons. The summed E-state index contributed by atoms with van der Waals surface area (Å²) in [6.07, 6.45) is 4.88. The van der Waals surface area contributed by atoms with Gasteiger partial charge >= 0.3 is 0 Å². The molecule has 1 aromatic carbocycles. The number of aromatic hydroxyl groups is 2. The Hall–Kier alpha value is -2.83. The Labute approximate surface area is 115 Å². The molecule has 0 fully saturated rings. The highest BCUT2D eigenvalue weighted by Crippen LogP contribution is 2.23. The van der Waals surface area contributed by atoms with E-state index in [1.807, 2.05) is 6.92 Å². The fourth-order valence-corrected chi connectivity index (χ4v) is 1.60. The highest BCUT2D eigenvalue weighted by atomic mass is 16.3. The summed E-state index contributed by atoms with van der Waals surface area (Å²) in [6, 6.07) is 4.25. The second kappa shape index (κ2) is 5.87. The first-order valence-electron chi connectivity index (χ1n) is 5.93. The smallest absolute Gasteiger partial charge is 0.282 e. The third-order valence-electron chi connectivity index (χ3n) is 2.69. The summed E-state index contributed by atoms with van der Waals surface area (Å²) in [5.74, 6) is 0.161. The van der Waals surface area contributed by atoms with Gasteiger partial charge in [-0.05, 0) is 23.8 Å². The van der Waals surface area contributed by atoms with Crippen LogP contribution in [0.25, 0.3) is 0 Å². The molecule has 0 saturated heterocycles. The lowest BCUT2D eigenvalue weighted by Gasteiger charge is -1.99. The molecule has 0 aliphatic carbocycles. The van der Waals surface area contributed by atoms with Gasteiger partial charge in [-0.2, -0.15) is 5.10 Å². The number of rotatable bonds is 4. The number of aryl methyl sites for hydroxylation is 1. The summed E-state index contributed by atoms with van der Waals surface area (Å²) in [6.45, 7) is 2.02. The first-order chi connectivity index (χ1) is 9.56. The van der Waals surface area contributed by atoms with E-state index >= 15 is 0 Å². The van der Waals surface area contributed by atoms with Gasteiger partial charge in [0.25, 0.3) is 11.7 Å². The van der Waals surface area contributed by atoms with Gasteiger partial charge in [0, 0.05) is 6.92 Å². The molecule has 0 aliphatic rings. The number of aromatic amines is 1. The monoisotopic (exact) mass is 275 g/mol. The van der Waals surface area contributed by atoms with Crippen LogP contribution < -0.4 is 9.99 Å². The van der Waals surface area contributed by atoms with Crippen LogP contribution in [0.1, 0.15) is 11.4 Å². The molecule has 1 heterocycles. The van der Waals surface area contributed by atoms with E-state index in [0.717, 1.165) is 5.82 Å². The molecule has 0 spiro atoms. The van der Waals surface area contributed by atoms with E-state index in [4.69, 9.17) is 5.11 Å². The summed E-state index contributed by atoms with van der Waals surface area (Å²) >= 11 is 0. The molecule has 2 rings (SSSR count). The number of carbonyl (C=O) groups is 1. The van der Waals surface area contributed by atoms with E-state index in [1.165, 1.54) is 18.3 Å². The Bertz CT molecular complexity index is 649. The van der Waals surface area contributed by atoms with E-state index in [0.29, 0.717) is 5.56 Å². The molecule has 0 saturated carbocycles. The first kappa shape index (κ1) is 13.6. The van der Waals surface area contributed by atoms with Gasteiger partial charge in [0.05, 0.1) is 6.21 Å². The molecule has 0 atom stereocenters. The molecule has 1 aromatic heterocycles. The number of nitrogens with zero attached hydrogens (tertiary/aromatic N) is 2. The Balaban J connectivity index is 1.91. The number of hydrogen-bond acceptors (Lipinski definition) is 4. The minimum atomic E-state index is -0.267. The number of carbonyl (C=O) groups excluding carboxylic acids is 1. The van der Waals surface area contributed by atoms with Gasteiger partial charge in [-0.3, -0.25) is 4.79 Å². The van der Waals surface area contributed by atoms with Crippen molar-refractivity contribution < 1.29 is 19.6 Å². The molecule has 20 heavy (non-hydrogen) atoms. The topological polar surface area (TPSA) is 102 Å². The molecular formula is C13H15N4O3+. The predicted octanol–water partition coefficient (Wildman–Crippen LogP) is 0.172. The maximum Gasteiger partial charge on any atom is 0.282 e. The number of H-pyrrole nitrogens is 1. The Morgan fingerprint density at radius 1 is 1.45 bits per heavy atom. The van der Waals surface area contributed by atoms with Gasteiger partial charge in [0.1, 0.15) is 12.4 Å². The van der Waals surface area contributed by atoms with Crippen LogP contribution in [-0.2, 0) is 11.3 Å². The fourth-order valence-electron chi connectivity index (χ4n) is 1.60. The SMILES string of the molecule is Cc1[nH]cc[n+]1CC(=O)N/N=C/c1ccc(O)c(O)c1. The van der Waals surface area contributed by atoms with Gasteiger partial charge in [0.15, 0.2) is 18.0 Å². The molecule has 0 bridgehead atoms. The van der Waals surface area contributed by atoms with Crippen molar-refractivity contribution in [3.63, 3.8) is 0 Å². The van der Waals surface area contributed by atoms with E-state index in [2.05, 4.69) is 15.5 Å². The molecule has 0 unspecified atom stereocenters. The number of phenols is 2. The van der Waals surface area contributed by atoms with Crippen LogP contribution in [0.15, 0.2) is 35.7 Å². The van der Waals surface area contributed by atoms with Crippen LogP contribution in [-0.4, -0.2) is 27.3 Å². The van der Waals surface area contributed by atoms with Crippen molar-refractivity contribution in [1.82, 2.24) is 10.4 Å². The third-order valence-corrected chi connectivity index (χ3v) is 2.69. The van der Waals surface area contributed by atoms with Crippen LogP contribution in [0.4, 0.5) is 0 Å². The zero-order valence-corrected chi connectivity index (χ0v) is 10.9. The number of hydrazone groups is 1. The number of imidazole rings is 1. The third kappa shape index (κ3) is 3.35. The summed E-state index contributed by atoms with van der Waals surface area (Å²) in [4.78, 5) is 14.6. The van der Waals surface area contributed by atoms with E-state index in [9.17, 15) is 9.90 Å². The van der Waals surface area contributed by atoms with Gasteiger partial charge in [-0.15, -0.1) is 0 Å². The zero-order valence-electron chi connectivity index (χ0n) is 10.9. The van der Waals surface area contributed by atoms with Gasteiger partial charge < -0.3 is 10.2 Å². The molecule has 7 heteroatoms. The van der Waals surface area contributed by atoms with Crippen molar-refractivity contribution in [3.8, 4) is 11.5 Å². The Morgan fingerprint density at radius 3 is 2.90 bits per heavy atom. The Kier molecular flexibility index (Phi) is 3.99. The van der Waals surface area contributed by atoms with Crippen LogP contribution in [0, 0.1) is 6.92 Å². The number of benzene rings is 1. The zero-order chi connectivity index (χ0) is 14.5. The van der Waals surface area contributed by atoms with Crippen LogP contribution >= 0.6 is 0 Å². The van der Waals surface area contributed by atoms with Gasteiger partial charge in [-0.1, -0.05) is 0 Å². The second-order valence-electron chi connectivity index (χ2n) is 4.21. The van der Waals surface area contributed by atoms with Crippen LogP contribution in [0.3, 0.4) is 0 Å². The average molecular weight is 275 g/mol. The molecule has 2 aromatic rings. The van der Waals surface area contributed by atoms with Crippen molar-refractivity contribution in [2.24, 2.45) is 5.10 Å². The fraction of sp³-hybridized carbons (Fsp3) is 0.154. The maximum absolute atomic E-state index is 11.6. The minimum Gasteiger partial charge on any atom is -0.504 e. The minimum absolute atomic E-state index is 0.160. The molecule has 7 nitrogen and oxygen atoms in total. The molecule has 0 radical (unpaired) electrons. The van der Waals surface area contributed by atoms with E-state index < -0.39 is 0 Å².